The van der Waals surface area contributed by atoms with Crippen molar-refractivity contribution in [2.45, 2.75) is 40.2 Å². The second-order valence-corrected chi connectivity index (χ2v) is 12.5. The minimum atomic E-state index is -3.40. The number of carbonyl (C=O) groups is 2. The van der Waals surface area contributed by atoms with Crippen molar-refractivity contribution in [1.29, 1.82) is 0 Å². The van der Waals surface area contributed by atoms with Gasteiger partial charge < -0.3 is 25.0 Å². The molecule has 1 saturated heterocycles. The molecular weight excluding hydrogens is 526 g/mol. The summed E-state index contributed by atoms with van der Waals surface area (Å²) < 4.78 is 8.87. The highest BCUT2D eigenvalue weighted by atomic mass is 32.3. The molecular formula is C24H33N9O5S. The summed E-state index contributed by atoms with van der Waals surface area (Å²) in [6.45, 7) is 7.90. The van der Waals surface area contributed by atoms with Crippen LogP contribution in [0.2, 0.25) is 0 Å². The maximum absolute atomic E-state index is 12.5. The van der Waals surface area contributed by atoms with Crippen molar-refractivity contribution in [2.75, 3.05) is 36.3 Å². The van der Waals surface area contributed by atoms with Gasteiger partial charge in [0.25, 0.3) is 0 Å². The summed E-state index contributed by atoms with van der Waals surface area (Å²) in [7, 11) is -3.40. The number of aryl methyl sites for hydroxylation is 1. The Morgan fingerprint density at radius 2 is 1.90 bits per heavy atom. The highest BCUT2D eigenvalue weighted by Crippen LogP contribution is 2.61. The Hall–Kier alpha value is -3.98. The van der Waals surface area contributed by atoms with Gasteiger partial charge in [-0.3, -0.25) is 0 Å². The van der Waals surface area contributed by atoms with Crippen LogP contribution in [0.15, 0.2) is 36.7 Å². The number of tetrazole rings is 1. The number of pyridine rings is 2. The number of hydrogen-bond acceptors (Lipinski definition) is 11. The minimum absolute atomic E-state index is 0.196. The van der Waals surface area contributed by atoms with E-state index >= 15 is 0 Å². The number of ether oxygens (including phenoxy) is 1. The molecule has 0 aromatic carbocycles. The largest absolute Gasteiger partial charge is 0.478 e. The van der Waals surface area contributed by atoms with Gasteiger partial charge in [-0.25, -0.2) is 23.9 Å². The Kier molecular flexibility index (Phi) is 8.20. The van der Waals surface area contributed by atoms with Gasteiger partial charge in [-0.15, -0.1) is 10.2 Å². The molecule has 0 aliphatic carbocycles. The second kappa shape index (κ2) is 11.4. The molecule has 14 nitrogen and oxygen atoms in total. The van der Waals surface area contributed by atoms with Crippen LogP contribution in [0.5, 0.6) is 5.88 Å². The Labute approximate surface area is 227 Å². The molecule has 0 amide bonds. The summed E-state index contributed by atoms with van der Waals surface area (Å²) in [4.78, 5) is 34.8. The summed E-state index contributed by atoms with van der Waals surface area (Å²) in [6, 6.07) is 6.65. The Morgan fingerprint density at radius 1 is 1.13 bits per heavy atom. The molecule has 0 atom stereocenters. The van der Waals surface area contributed by atoms with Gasteiger partial charge in [-0.1, -0.05) is 13.8 Å². The summed E-state index contributed by atoms with van der Waals surface area (Å²) in [6.07, 6.45) is 4.31. The van der Waals surface area contributed by atoms with Crippen molar-refractivity contribution >= 4 is 32.5 Å². The molecule has 1 aliphatic heterocycles. The third-order valence-corrected chi connectivity index (χ3v) is 9.70. The molecule has 39 heavy (non-hydrogen) atoms. The lowest BCUT2D eigenvalue weighted by atomic mass is 9.86. The zero-order chi connectivity index (χ0) is 28.2. The third-order valence-electron chi connectivity index (χ3n) is 6.58. The van der Waals surface area contributed by atoms with Crippen LogP contribution in [0, 0.1) is 5.41 Å². The minimum Gasteiger partial charge on any atom is -0.478 e. The molecule has 0 radical (unpaired) electrons. The molecule has 0 saturated carbocycles. The van der Waals surface area contributed by atoms with Crippen LogP contribution >= 0.6 is 10.4 Å². The first-order valence-electron chi connectivity index (χ1n) is 12.5. The van der Waals surface area contributed by atoms with Gasteiger partial charge in [0.2, 0.25) is 11.7 Å². The van der Waals surface area contributed by atoms with Crippen molar-refractivity contribution in [1.82, 2.24) is 34.5 Å². The molecule has 15 heteroatoms. The van der Waals surface area contributed by atoms with E-state index in [9.17, 15) is 19.8 Å². The first-order valence-corrected chi connectivity index (χ1v) is 14.0. The van der Waals surface area contributed by atoms with Crippen LogP contribution in [-0.2, 0) is 6.54 Å². The van der Waals surface area contributed by atoms with Crippen LogP contribution in [-0.4, -0.2) is 81.5 Å². The standard InChI is InChI=1S/C24H33N9O5S/c1-4-33-29-21(28-30-33)17-5-6-20(27-16-17)38-14-9-24(2,3)8-11-31-12-13-32(18-7-10-26-19(25)15-18)39(31,22(34)35)23(36)37/h5-7,10,15-16H,4,8-9,11-14H2,1-3H3,(H2,25,26)(H,34,35)(H,36,37). The first kappa shape index (κ1) is 28.0. The van der Waals surface area contributed by atoms with Crippen molar-refractivity contribution in [3.8, 4) is 17.3 Å². The molecule has 1 aliphatic rings. The van der Waals surface area contributed by atoms with E-state index < -0.39 is 21.0 Å². The summed E-state index contributed by atoms with van der Waals surface area (Å²) in [5, 5.41) is 29.9. The number of anilines is 2. The van der Waals surface area contributed by atoms with Crippen LogP contribution in [0.1, 0.15) is 33.6 Å². The number of carboxylic acid groups (broad SMARTS) is 2. The van der Waals surface area contributed by atoms with E-state index in [1.807, 2.05) is 26.8 Å². The molecule has 4 N–H and O–H groups in total. The zero-order valence-corrected chi connectivity index (χ0v) is 22.9. The predicted octanol–water partition coefficient (Wildman–Crippen LogP) is 3.73. The number of nitrogens with two attached hydrogens (primary N) is 1. The van der Waals surface area contributed by atoms with E-state index in [4.69, 9.17) is 10.5 Å². The highest BCUT2D eigenvalue weighted by molar-refractivity contribution is 8.54. The average molecular weight is 560 g/mol. The van der Waals surface area contributed by atoms with Gasteiger partial charge in [0.05, 0.1) is 29.2 Å². The van der Waals surface area contributed by atoms with Crippen molar-refractivity contribution < 1.29 is 24.5 Å². The SMILES string of the molecule is CCn1nnc(-c2ccc(OCCC(C)(C)CCN3CCN(c4ccnc(N)c4)S3(C(=O)O)C(=O)O)nc2)n1. The van der Waals surface area contributed by atoms with Gasteiger partial charge in [0.1, 0.15) is 5.82 Å². The molecule has 0 unspecified atom stereocenters. The second-order valence-electron chi connectivity index (χ2n) is 9.75. The molecule has 3 aromatic heterocycles. The fraction of sp³-hybridized carbons (Fsp3) is 0.458. The monoisotopic (exact) mass is 559 g/mol. The lowest BCUT2D eigenvalue weighted by molar-refractivity contribution is 0.199. The van der Waals surface area contributed by atoms with E-state index in [2.05, 4.69) is 25.4 Å². The maximum Gasteiger partial charge on any atom is 0.388 e. The number of aromatic nitrogens is 6. The molecule has 3 aromatic rings. The predicted molar refractivity (Wildman–Crippen MR) is 146 cm³/mol. The number of nitrogen functional groups attached to an aromatic ring is 1. The van der Waals surface area contributed by atoms with Gasteiger partial charge in [-0.05, 0) is 42.5 Å². The van der Waals surface area contributed by atoms with Crippen LogP contribution < -0.4 is 14.8 Å². The number of nitrogens with zero attached hydrogens (tertiary/aromatic N) is 8. The fourth-order valence-electron chi connectivity index (χ4n) is 4.28. The quantitative estimate of drug-likeness (QED) is 0.326. The molecule has 0 bridgehead atoms. The molecule has 0 spiro atoms. The molecule has 1 fully saturated rings. The topological polar surface area (TPSA) is 186 Å². The smallest absolute Gasteiger partial charge is 0.388 e. The normalized spacial score (nSPS) is 16.2. The van der Waals surface area contributed by atoms with Crippen molar-refractivity contribution in [3.63, 3.8) is 0 Å². The van der Waals surface area contributed by atoms with E-state index in [1.165, 1.54) is 21.4 Å². The van der Waals surface area contributed by atoms with E-state index in [0.29, 0.717) is 56.5 Å². The molecule has 4 rings (SSSR count). The summed E-state index contributed by atoms with van der Waals surface area (Å²) in [5.74, 6) is 1.15. The van der Waals surface area contributed by atoms with Crippen molar-refractivity contribution in [3.05, 3.63) is 36.7 Å². The third kappa shape index (κ3) is 5.88. The van der Waals surface area contributed by atoms with E-state index in [-0.39, 0.29) is 17.8 Å². The van der Waals surface area contributed by atoms with Crippen LogP contribution in [0.25, 0.3) is 11.4 Å². The van der Waals surface area contributed by atoms with Gasteiger partial charge >= 0.3 is 10.6 Å². The van der Waals surface area contributed by atoms with E-state index in [1.54, 1.807) is 22.6 Å². The molecule has 4 heterocycles. The van der Waals surface area contributed by atoms with Crippen LogP contribution in [0.3, 0.4) is 0 Å². The van der Waals surface area contributed by atoms with Gasteiger partial charge in [0.15, 0.2) is 0 Å². The Bertz CT molecular complexity index is 1300. The van der Waals surface area contributed by atoms with E-state index in [0.717, 1.165) is 5.56 Å². The maximum atomic E-state index is 12.5. The Balaban J connectivity index is 1.36. The Morgan fingerprint density at radius 3 is 2.51 bits per heavy atom. The summed E-state index contributed by atoms with van der Waals surface area (Å²) >= 11 is 0. The van der Waals surface area contributed by atoms with Gasteiger partial charge in [-0.2, -0.15) is 4.80 Å². The van der Waals surface area contributed by atoms with Crippen LogP contribution in [0.4, 0.5) is 21.1 Å². The van der Waals surface area contributed by atoms with Crippen molar-refractivity contribution in [2.24, 2.45) is 5.41 Å². The zero-order valence-electron chi connectivity index (χ0n) is 22.1. The fourth-order valence-corrected chi connectivity index (χ4v) is 7.00. The summed E-state index contributed by atoms with van der Waals surface area (Å²) in [5.41, 5.74) is 6.70. The highest BCUT2D eigenvalue weighted by Gasteiger charge is 2.55. The average Bonchev–Trinajstić information content (AvgIpc) is 3.53. The van der Waals surface area contributed by atoms with Gasteiger partial charge in [0, 0.05) is 49.7 Å². The first-order chi connectivity index (χ1) is 18.6. The number of hydrogen-bond donors (Lipinski definition) is 3. The molecule has 210 valence electrons. The lowest BCUT2D eigenvalue weighted by Gasteiger charge is -2.42. The lowest BCUT2D eigenvalue weighted by Crippen LogP contribution is -2.40. The number of rotatable bonds is 10.